The third kappa shape index (κ3) is 12.7. The predicted molar refractivity (Wildman–Crippen MR) is 231 cm³/mol. The van der Waals surface area contributed by atoms with Gasteiger partial charge in [0.2, 0.25) is 5.91 Å². The molecule has 0 saturated carbocycles. The lowest BCUT2D eigenvalue weighted by Gasteiger charge is -2.38. The number of rotatable bonds is 17. The molecule has 0 unspecified atom stereocenters. The Morgan fingerprint density at radius 2 is 1.49 bits per heavy atom. The molecule has 1 saturated heterocycles. The molecule has 2 aromatic heterocycles. The molecule has 15 nitrogen and oxygen atoms in total. The standard InChI is InChI=1S/C46H58N8O7/c1-30(55)35-18-13-16-34(48-35)28-52-24-25-54(44(52)61)40(46(5,6)7)42(58)49-37(26-31-14-9-8-10-15-31)38(56)29-53(51-41(57)39(45(2,3)4)50-43(59)60)27-32-19-21-33(22-20-32)36-17-11-12-23-47-36/h8-23,37-40,50,56H,24-29H2,1-7H3,(H,49,58)(H,51,57)(H,59,60)/t37-,38-,39+,40+/m0/s1. The van der Waals surface area contributed by atoms with E-state index in [1.54, 1.807) is 55.0 Å². The Kier molecular flexibility index (Phi) is 15.0. The van der Waals surface area contributed by atoms with Gasteiger partial charge in [-0.3, -0.25) is 24.8 Å². The molecule has 4 aromatic rings. The van der Waals surface area contributed by atoms with E-state index in [0.717, 1.165) is 22.4 Å². The number of nitrogens with one attached hydrogen (secondary N) is 3. The van der Waals surface area contributed by atoms with Gasteiger partial charge in [0.25, 0.3) is 5.91 Å². The van der Waals surface area contributed by atoms with Gasteiger partial charge in [0, 0.05) is 44.9 Å². The van der Waals surface area contributed by atoms with Gasteiger partial charge < -0.3 is 30.6 Å². The van der Waals surface area contributed by atoms with Crippen LogP contribution in [0.1, 0.15) is 75.8 Å². The third-order valence-electron chi connectivity index (χ3n) is 10.5. The quantitative estimate of drug-likeness (QED) is 0.0688. The molecular weight excluding hydrogens is 777 g/mol. The second-order valence-electron chi connectivity index (χ2n) is 17.6. The van der Waals surface area contributed by atoms with E-state index in [0.29, 0.717) is 17.9 Å². The molecule has 2 aromatic carbocycles. The first-order valence-electron chi connectivity index (χ1n) is 20.4. The molecule has 0 spiro atoms. The number of urea groups is 1. The second kappa shape index (κ2) is 19.9. The van der Waals surface area contributed by atoms with Crippen LogP contribution in [-0.2, 0) is 29.1 Å². The van der Waals surface area contributed by atoms with Crippen LogP contribution in [0.4, 0.5) is 9.59 Å². The molecule has 1 fully saturated rings. The van der Waals surface area contributed by atoms with Gasteiger partial charge in [-0.2, -0.15) is 0 Å². The Morgan fingerprint density at radius 1 is 0.803 bits per heavy atom. The molecule has 5 rings (SSSR count). The van der Waals surface area contributed by atoms with E-state index in [-0.39, 0.29) is 44.4 Å². The molecule has 1 aliphatic heterocycles. The summed E-state index contributed by atoms with van der Waals surface area (Å²) in [6.07, 6.45) is -0.705. The molecule has 3 heterocycles. The van der Waals surface area contributed by atoms with Crippen molar-refractivity contribution in [1.29, 1.82) is 0 Å². The van der Waals surface area contributed by atoms with Crippen LogP contribution in [0.2, 0.25) is 0 Å². The second-order valence-corrected chi connectivity index (χ2v) is 17.6. The zero-order valence-electron chi connectivity index (χ0n) is 36.0. The number of hydrogen-bond acceptors (Lipinski definition) is 9. The Balaban J connectivity index is 1.41. The highest BCUT2D eigenvalue weighted by Crippen LogP contribution is 2.29. The molecule has 5 amide bonds. The van der Waals surface area contributed by atoms with Gasteiger partial charge in [-0.1, -0.05) is 108 Å². The number of carbonyl (C=O) groups excluding carboxylic acids is 4. The van der Waals surface area contributed by atoms with E-state index in [1.165, 1.54) is 11.9 Å². The Morgan fingerprint density at radius 3 is 2.10 bits per heavy atom. The number of hydrazine groups is 1. The zero-order chi connectivity index (χ0) is 44.5. The van der Waals surface area contributed by atoms with Gasteiger partial charge in [0.05, 0.1) is 30.1 Å². The van der Waals surface area contributed by atoms with Crippen LogP contribution in [0, 0.1) is 10.8 Å². The molecule has 0 radical (unpaired) electrons. The fourth-order valence-corrected chi connectivity index (χ4v) is 7.42. The fraction of sp³-hybridized carbons (Fsp3) is 0.413. The van der Waals surface area contributed by atoms with Crippen LogP contribution in [0.3, 0.4) is 0 Å². The van der Waals surface area contributed by atoms with Crippen molar-refractivity contribution in [2.75, 3.05) is 19.6 Å². The summed E-state index contributed by atoms with van der Waals surface area (Å²) >= 11 is 0. The molecule has 4 atom stereocenters. The number of aliphatic hydroxyl groups excluding tert-OH is 1. The Hall–Kier alpha value is -6.19. The topological polar surface area (TPSA) is 197 Å². The van der Waals surface area contributed by atoms with Gasteiger partial charge in [0.1, 0.15) is 17.8 Å². The molecule has 324 valence electrons. The minimum absolute atomic E-state index is 0.119. The van der Waals surface area contributed by atoms with Crippen molar-refractivity contribution in [3.8, 4) is 11.3 Å². The third-order valence-corrected chi connectivity index (χ3v) is 10.5. The number of pyridine rings is 2. The first-order chi connectivity index (χ1) is 28.8. The normalized spacial score (nSPS) is 15.2. The minimum Gasteiger partial charge on any atom is -0.465 e. The van der Waals surface area contributed by atoms with Crippen molar-refractivity contribution in [3.63, 3.8) is 0 Å². The SMILES string of the molecule is CC(=O)c1cccc(CN2CCN([C@H](C(=O)N[C@@H](Cc3ccccc3)[C@@H](O)CN(Cc3ccc(-c4ccccn4)cc3)NC(=O)[C@@H](NC(=O)O)C(C)(C)C)C(C)(C)C)C2=O)n1. The molecule has 0 aliphatic carbocycles. The summed E-state index contributed by atoms with van der Waals surface area (Å²) in [7, 11) is 0. The summed E-state index contributed by atoms with van der Waals surface area (Å²) < 4.78 is 0. The molecular formula is C46H58N8O7. The maximum atomic E-state index is 14.6. The van der Waals surface area contributed by atoms with Crippen LogP contribution in [0.25, 0.3) is 11.3 Å². The number of aliphatic hydroxyl groups is 1. The van der Waals surface area contributed by atoms with Crippen molar-refractivity contribution in [2.45, 2.75) is 92.2 Å². The van der Waals surface area contributed by atoms with Crippen LogP contribution in [0.5, 0.6) is 0 Å². The number of amides is 5. The van der Waals surface area contributed by atoms with Gasteiger partial charge in [-0.05, 0) is 52.6 Å². The van der Waals surface area contributed by atoms with E-state index in [2.05, 4.69) is 26.0 Å². The summed E-state index contributed by atoms with van der Waals surface area (Å²) in [5.74, 6) is -1.26. The number of hydrogen-bond donors (Lipinski definition) is 5. The van der Waals surface area contributed by atoms with Crippen LogP contribution >= 0.6 is 0 Å². The van der Waals surface area contributed by atoms with Gasteiger partial charge in [0.15, 0.2) is 5.78 Å². The summed E-state index contributed by atoms with van der Waals surface area (Å²) in [5, 5.41) is 28.7. The Labute approximate surface area is 357 Å². The molecule has 61 heavy (non-hydrogen) atoms. The molecule has 15 heteroatoms. The van der Waals surface area contributed by atoms with Crippen LogP contribution < -0.4 is 16.1 Å². The number of Topliss-reactive ketones (excluding diaryl/α,β-unsaturated/α-hetero) is 1. The van der Waals surface area contributed by atoms with Gasteiger partial charge in [-0.15, -0.1) is 0 Å². The molecule has 1 aliphatic rings. The lowest BCUT2D eigenvalue weighted by atomic mass is 9.84. The number of carbonyl (C=O) groups is 5. The highest BCUT2D eigenvalue weighted by atomic mass is 16.4. The van der Waals surface area contributed by atoms with E-state index in [1.807, 2.05) is 93.6 Å². The first-order valence-corrected chi connectivity index (χ1v) is 20.4. The van der Waals surface area contributed by atoms with Crippen molar-refractivity contribution in [2.24, 2.45) is 10.8 Å². The molecule has 5 N–H and O–H groups in total. The Bertz CT molecular complexity index is 2140. The molecule has 0 bridgehead atoms. The average Bonchev–Trinajstić information content (AvgIpc) is 3.54. The lowest BCUT2D eigenvalue weighted by molar-refractivity contribution is -0.133. The van der Waals surface area contributed by atoms with E-state index < -0.39 is 53.0 Å². The van der Waals surface area contributed by atoms with Gasteiger partial charge >= 0.3 is 12.1 Å². The smallest absolute Gasteiger partial charge is 0.405 e. The highest BCUT2D eigenvalue weighted by molar-refractivity contribution is 5.92. The lowest BCUT2D eigenvalue weighted by Crippen LogP contribution is -2.61. The van der Waals surface area contributed by atoms with Gasteiger partial charge in [-0.25, -0.2) is 19.6 Å². The van der Waals surface area contributed by atoms with Crippen molar-refractivity contribution in [1.82, 2.24) is 40.8 Å². The maximum absolute atomic E-state index is 14.6. The first kappa shape index (κ1) is 45.9. The zero-order valence-corrected chi connectivity index (χ0v) is 36.0. The highest BCUT2D eigenvalue weighted by Gasteiger charge is 2.44. The predicted octanol–water partition coefficient (Wildman–Crippen LogP) is 5.30. The average molecular weight is 835 g/mol. The summed E-state index contributed by atoms with van der Waals surface area (Å²) in [5.41, 5.74) is 5.47. The number of ketones is 1. The summed E-state index contributed by atoms with van der Waals surface area (Å²) in [6.45, 7) is 13.0. The van der Waals surface area contributed by atoms with E-state index >= 15 is 0 Å². The van der Waals surface area contributed by atoms with Crippen molar-refractivity contribution >= 4 is 29.7 Å². The van der Waals surface area contributed by atoms with Crippen molar-refractivity contribution in [3.05, 3.63) is 120 Å². The number of carboxylic acid groups (broad SMARTS) is 1. The number of benzene rings is 2. The van der Waals surface area contributed by atoms with E-state index in [4.69, 9.17) is 0 Å². The minimum atomic E-state index is -1.36. The number of aromatic nitrogens is 2. The van der Waals surface area contributed by atoms with Crippen LogP contribution in [-0.4, -0.2) is 109 Å². The van der Waals surface area contributed by atoms with Crippen molar-refractivity contribution < 1.29 is 34.2 Å². The fourth-order valence-electron chi connectivity index (χ4n) is 7.42. The summed E-state index contributed by atoms with van der Waals surface area (Å²) in [4.78, 5) is 78.1. The largest absolute Gasteiger partial charge is 0.465 e. The van der Waals surface area contributed by atoms with E-state index in [9.17, 15) is 34.2 Å². The monoisotopic (exact) mass is 834 g/mol. The summed E-state index contributed by atoms with van der Waals surface area (Å²) in [6, 6.07) is 24.4. The maximum Gasteiger partial charge on any atom is 0.405 e. The number of nitrogens with zero attached hydrogens (tertiary/aromatic N) is 5. The van der Waals surface area contributed by atoms with Crippen LogP contribution in [0.15, 0.2) is 97.2 Å².